The third kappa shape index (κ3) is 5.82. The molecule has 3 aromatic heterocycles. The van der Waals surface area contributed by atoms with Crippen LogP contribution >= 0.6 is 0 Å². The number of benzene rings is 1. The van der Waals surface area contributed by atoms with E-state index in [4.69, 9.17) is 24.2 Å². The van der Waals surface area contributed by atoms with Gasteiger partial charge in [0.15, 0.2) is 6.79 Å². The van der Waals surface area contributed by atoms with Gasteiger partial charge in [0.25, 0.3) is 0 Å². The predicted octanol–water partition coefficient (Wildman–Crippen LogP) is 5.79. The molecular weight excluding hydrogens is 551 g/mol. The van der Waals surface area contributed by atoms with Gasteiger partial charge in [0.2, 0.25) is 0 Å². The number of fused-ring (bicyclic) bond motifs is 2. The maximum absolute atomic E-state index is 13.8. The van der Waals surface area contributed by atoms with Gasteiger partial charge in [0.05, 0.1) is 28.3 Å². The normalized spacial score (nSPS) is 20.4. The van der Waals surface area contributed by atoms with Gasteiger partial charge in [0, 0.05) is 56.0 Å². The molecule has 1 aromatic carbocycles. The van der Waals surface area contributed by atoms with E-state index in [0.29, 0.717) is 25.1 Å². The fourth-order valence-electron chi connectivity index (χ4n) is 6.09. The van der Waals surface area contributed by atoms with Crippen molar-refractivity contribution in [2.45, 2.75) is 70.8 Å². The number of anilines is 1. The molecule has 1 amide bonds. The van der Waals surface area contributed by atoms with E-state index in [1.54, 1.807) is 16.7 Å². The van der Waals surface area contributed by atoms with Gasteiger partial charge < -0.3 is 24.0 Å². The highest BCUT2D eigenvalue weighted by Gasteiger charge is 2.43. The van der Waals surface area contributed by atoms with Crippen molar-refractivity contribution in [2.75, 3.05) is 31.9 Å². The van der Waals surface area contributed by atoms with E-state index in [1.807, 2.05) is 71.3 Å². The molecule has 10 nitrogen and oxygen atoms in total. The summed E-state index contributed by atoms with van der Waals surface area (Å²) in [4.78, 5) is 27.0. The summed E-state index contributed by atoms with van der Waals surface area (Å²) in [6.45, 7) is 9.02. The zero-order valence-electron chi connectivity index (χ0n) is 25.6. The fourth-order valence-corrected chi connectivity index (χ4v) is 6.09. The van der Waals surface area contributed by atoms with Gasteiger partial charge >= 0.3 is 6.09 Å². The van der Waals surface area contributed by atoms with Crippen LogP contribution in [0.2, 0.25) is 0 Å². The van der Waals surface area contributed by atoms with Crippen molar-refractivity contribution in [3.63, 3.8) is 0 Å². The van der Waals surface area contributed by atoms with E-state index in [0.717, 1.165) is 57.5 Å². The van der Waals surface area contributed by atoms with Crippen molar-refractivity contribution in [3.05, 3.63) is 42.1 Å². The second-order valence-electron chi connectivity index (χ2n) is 12.6. The summed E-state index contributed by atoms with van der Waals surface area (Å²) < 4.78 is 32.5. The Morgan fingerprint density at radius 3 is 2.58 bits per heavy atom. The van der Waals surface area contributed by atoms with Crippen LogP contribution in [0.1, 0.15) is 45.6 Å². The Hall–Kier alpha value is -3.99. The fraction of sp³-hybridized carbons (Fsp3) is 0.500. The van der Waals surface area contributed by atoms with E-state index in [2.05, 4.69) is 10.00 Å². The summed E-state index contributed by atoms with van der Waals surface area (Å²) in [7, 11) is 3.49. The number of carbonyl (C=O) groups is 1. The molecule has 1 unspecified atom stereocenters. The molecule has 2 fully saturated rings. The molecule has 43 heavy (non-hydrogen) atoms. The predicted molar refractivity (Wildman–Crippen MR) is 163 cm³/mol. The number of hydrogen-bond donors (Lipinski definition) is 0. The first-order valence-electron chi connectivity index (χ1n) is 14.8. The van der Waals surface area contributed by atoms with Crippen LogP contribution in [0.5, 0.6) is 5.75 Å². The maximum atomic E-state index is 13.8. The van der Waals surface area contributed by atoms with Gasteiger partial charge in [-0.1, -0.05) is 0 Å². The number of pyridine rings is 2. The Labute approximate surface area is 250 Å². The highest BCUT2D eigenvalue weighted by molar-refractivity contribution is 5.92. The molecule has 0 spiro atoms. The largest absolute Gasteiger partial charge is 0.466 e. The summed E-state index contributed by atoms with van der Waals surface area (Å²) in [5, 5.41) is 5.59. The molecule has 1 atom stereocenters. The van der Waals surface area contributed by atoms with Crippen molar-refractivity contribution in [1.82, 2.24) is 24.6 Å². The highest BCUT2D eigenvalue weighted by Crippen LogP contribution is 2.38. The molecule has 4 aromatic rings. The van der Waals surface area contributed by atoms with Gasteiger partial charge in [-0.25, -0.2) is 19.2 Å². The lowest BCUT2D eigenvalue weighted by Gasteiger charge is -2.43. The van der Waals surface area contributed by atoms with Gasteiger partial charge in [-0.15, -0.1) is 0 Å². The summed E-state index contributed by atoms with van der Waals surface area (Å²) in [5.41, 5.74) is 4.34. The topological polar surface area (TPSA) is 94.8 Å². The van der Waals surface area contributed by atoms with Gasteiger partial charge in [0.1, 0.15) is 23.3 Å². The lowest BCUT2D eigenvalue weighted by molar-refractivity contribution is -0.0178. The van der Waals surface area contributed by atoms with Crippen molar-refractivity contribution in [1.29, 1.82) is 0 Å². The summed E-state index contributed by atoms with van der Waals surface area (Å²) in [5.74, 6) is 1.51. The molecule has 2 aliphatic rings. The molecule has 1 aliphatic heterocycles. The molecule has 1 aliphatic carbocycles. The Kier molecular flexibility index (Phi) is 7.62. The molecule has 0 bridgehead atoms. The number of nitrogens with zero attached hydrogens (tertiary/aromatic N) is 6. The Bertz CT molecular complexity index is 1660. The van der Waals surface area contributed by atoms with Crippen LogP contribution in [0.25, 0.3) is 33.2 Å². The van der Waals surface area contributed by atoms with Gasteiger partial charge in [-0.05, 0) is 77.3 Å². The summed E-state index contributed by atoms with van der Waals surface area (Å²) in [6, 6.07) is 9.72. The average molecular weight is 591 g/mol. The van der Waals surface area contributed by atoms with E-state index >= 15 is 0 Å². The van der Waals surface area contributed by atoms with Crippen molar-refractivity contribution in [3.8, 4) is 17.0 Å². The second kappa shape index (κ2) is 11.3. The lowest BCUT2D eigenvalue weighted by Crippen LogP contribution is -2.55. The number of ether oxygens (including phenoxy) is 3. The number of rotatable bonds is 7. The zero-order chi connectivity index (χ0) is 30.5. The van der Waals surface area contributed by atoms with Crippen LogP contribution in [0.3, 0.4) is 0 Å². The minimum absolute atomic E-state index is 0.0681. The number of aryl methyl sites for hydroxylation is 2. The first-order chi connectivity index (χ1) is 20.5. The van der Waals surface area contributed by atoms with Crippen molar-refractivity contribution < 1.29 is 23.4 Å². The van der Waals surface area contributed by atoms with Crippen LogP contribution in [0.15, 0.2) is 36.5 Å². The van der Waals surface area contributed by atoms with E-state index in [9.17, 15) is 9.18 Å². The standard InChI is InChI=1S/C32H39FN6O4/c1-19-29-20(16-37(5)36-29)13-24(30(19)42-18-41-6)25-7-8-27-26(34-25)9-10-28(35-27)38-12-11-22(17-38)39(23-14-21(33)15-23)31(40)43-32(2,3)4/h7-10,13,16,21-23H,11-12,14-15,17-18H2,1-6H3. The molecule has 6 rings (SSSR count). The minimum Gasteiger partial charge on any atom is -0.466 e. The quantitative estimate of drug-likeness (QED) is 0.250. The van der Waals surface area contributed by atoms with Crippen LogP contribution < -0.4 is 9.64 Å². The van der Waals surface area contributed by atoms with E-state index in [-0.39, 0.29) is 25.0 Å². The molecule has 228 valence electrons. The summed E-state index contributed by atoms with van der Waals surface area (Å²) >= 11 is 0. The maximum Gasteiger partial charge on any atom is 0.410 e. The summed E-state index contributed by atoms with van der Waals surface area (Å²) in [6.07, 6.45) is 2.25. The Morgan fingerprint density at radius 1 is 1.12 bits per heavy atom. The van der Waals surface area contributed by atoms with Crippen LogP contribution in [0.4, 0.5) is 15.0 Å². The highest BCUT2D eigenvalue weighted by atomic mass is 19.1. The number of carbonyl (C=O) groups excluding carboxylic acids is 1. The smallest absolute Gasteiger partial charge is 0.410 e. The Morgan fingerprint density at radius 2 is 1.86 bits per heavy atom. The van der Waals surface area contributed by atoms with Gasteiger partial charge in [-0.3, -0.25) is 4.68 Å². The van der Waals surface area contributed by atoms with Gasteiger partial charge in [-0.2, -0.15) is 5.10 Å². The zero-order valence-corrected chi connectivity index (χ0v) is 25.6. The molecule has 11 heteroatoms. The van der Waals surface area contributed by atoms with E-state index in [1.165, 1.54) is 0 Å². The number of aromatic nitrogens is 4. The number of methoxy groups -OCH3 is 1. The second-order valence-corrected chi connectivity index (χ2v) is 12.6. The molecule has 0 radical (unpaired) electrons. The first-order valence-corrected chi connectivity index (χ1v) is 14.8. The molecule has 1 saturated heterocycles. The Balaban J connectivity index is 1.25. The molecular formula is C32H39FN6O4. The third-order valence-electron chi connectivity index (χ3n) is 8.16. The monoisotopic (exact) mass is 590 g/mol. The SMILES string of the molecule is COCOc1c(-c2ccc3nc(N4CCC(N(C(=O)OC(C)(C)C)C5CC(F)C5)C4)ccc3n2)cc2cn(C)nc2c1C. The number of halogens is 1. The van der Waals surface area contributed by atoms with Crippen molar-refractivity contribution >= 4 is 33.8 Å². The molecule has 1 saturated carbocycles. The van der Waals surface area contributed by atoms with Crippen molar-refractivity contribution in [2.24, 2.45) is 7.05 Å². The number of amides is 1. The first kappa shape index (κ1) is 29.1. The number of alkyl halides is 1. The van der Waals surface area contributed by atoms with Crippen LogP contribution in [-0.4, -0.2) is 81.6 Å². The molecule has 0 N–H and O–H groups in total. The lowest BCUT2D eigenvalue weighted by atomic mass is 9.88. The minimum atomic E-state index is -0.857. The molecule has 4 heterocycles. The van der Waals surface area contributed by atoms with Crippen LogP contribution in [0, 0.1) is 6.92 Å². The van der Waals surface area contributed by atoms with Crippen LogP contribution in [-0.2, 0) is 16.5 Å². The average Bonchev–Trinajstić information content (AvgIpc) is 3.57. The third-order valence-corrected chi connectivity index (χ3v) is 8.16. The number of hydrogen-bond acceptors (Lipinski definition) is 8. The van der Waals surface area contributed by atoms with E-state index < -0.39 is 11.8 Å².